The molecule has 1 aromatic rings. The van der Waals surface area contributed by atoms with Gasteiger partial charge in [-0.3, -0.25) is 4.79 Å². The highest BCUT2D eigenvalue weighted by molar-refractivity contribution is 5.81. The molecule has 0 spiro atoms. The Morgan fingerprint density at radius 2 is 2.44 bits per heavy atom. The molecule has 1 rings (SSSR count). The predicted octanol–water partition coefficient (Wildman–Crippen LogP) is 0.444. The Bertz CT molecular complexity index is 355. The topological polar surface area (TPSA) is 77.2 Å². The minimum atomic E-state index is -0.456. The summed E-state index contributed by atoms with van der Waals surface area (Å²) in [6.07, 6.45) is 2.26. The van der Waals surface area contributed by atoms with Gasteiger partial charge in [0.05, 0.1) is 13.2 Å². The third kappa shape index (κ3) is 3.20. The number of pyridine rings is 1. The molecule has 0 radical (unpaired) electrons. The van der Waals surface area contributed by atoms with Crippen molar-refractivity contribution in [3.05, 3.63) is 23.9 Å². The summed E-state index contributed by atoms with van der Waals surface area (Å²) in [6, 6.07) is 3.19. The SMILES string of the molecule is CC[C@@H](N)C(=O)NCc1cccnc1OC. The summed E-state index contributed by atoms with van der Waals surface area (Å²) < 4.78 is 5.07. The molecule has 0 unspecified atom stereocenters. The van der Waals surface area contributed by atoms with Crippen LogP contribution in [0.15, 0.2) is 18.3 Å². The summed E-state index contributed by atoms with van der Waals surface area (Å²) in [5.41, 5.74) is 6.43. The summed E-state index contributed by atoms with van der Waals surface area (Å²) in [4.78, 5) is 15.5. The second-order valence-electron chi connectivity index (χ2n) is 3.40. The Morgan fingerprint density at radius 3 is 3.06 bits per heavy atom. The molecular formula is C11H17N3O2. The highest BCUT2D eigenvalue weighted by Gasteiger charge is 2.11. The van der Waals surface area contributed by atoms with Crippen LogP contribution in [0.5, 0.6) is 5.88 Å². The molecule has 0 fully saturated rings. The third-order valence-electron chi connectivity index (χ3n) is 2.27. The Labute approximate surface area is 95.0 Å². The van der Waals surface area contributed by atoms with E-state index in [4.69, 9.17) is 10.5 Å². The van der Waals surface area contributed by atoms with E-state index in [9.17, 15) is 4.79 Å². The lowest BCUT2D eigenvalue weighted by molar-refractivity contribution is -0.122. The van der Waals surface area contributed by atoms with Crippen molar-refractivity contribution < 1.29 is 9.53 Å². The van der Waals surface area contributed by atoms with Crippen LogP contribution in [-0.2, 0) is 11.3 Å². The molecule has 5 nitrogen and oxygen atoms in total. The Hall–Kier alpha value is -1.62. The summed E-state index contributed by atoms with van der Waals surface area (Å²) in [7, 11) is 1.55. The summed E-state index contributed by atoms with van der Waals surface area (Å²) >= 11 is 0. The number of hydrogen-bond acceptors (Lipinski definition) is 4. The van der Waals surface area contributed by atoms with Crippen LogP contribution in [0.1, 0.15) is 18.9 Å². The van der Waals surface area contributed by atoms with Gasteiger partial charge in [0, 0.05) is 18.3 Å². The quantitative estimate of drug-likeness (QED) is 0.759. The van der Waals surface area contributed by atoms with Gasteiger partial charge in [-0.1, -0.05) is 13.0 Å². The van der Waals surface area contributed by atoms with Gasteiger partial charge in [0.25, 0.3) is 0 Å². The number of carbonyl (C=O) groups is 1. The van der Waals surface area contributed by atoms with Crippen LogP contribution in [0.2, 0.25) is 0 Å². The van der Waals surface area contributed by atoms with Crippen molar-refractivity contribution in [2.75, 3.05) is 7.11 Å². The van der Waals surface area contributed by atoms with Gasteiger partial charge in [0.15, 0.2) is 0 Å². The number of rotatable bonds is 5. The van der Waals surface area contributed by atoms with Gasteiger partial charge in [0.2, 0.25) is 11.8 Å². The van der Waals surface area contributed by atoms with Crippen LogP contribution in [0.4, 0.5) is 0 Å². The molecule has 1 amide bonds. The zero-order valence-corrected chi connectivity index (χ0v) is 9.56. The monoisotopic (exact) mass is 223 g/mol. The van der Waals surface area contributed by atoms with Gasteiger partial charge in [-0.25, -0.2) is 4.98 Å². The van der Waals surface area contributed by atoms with Gasteiger partial charge >= 0.3 is 0 Å². The van der Waals surface area contributed by atoms with Gasteiger partial charge < -0.3 is 15.8 Å². The number of nitrogens with one attached hydrogen (secondary N) is 1. The Kier molecular flexibility index (Phi) is 4.72. The normalized spacial score (nSPS) is 11.9. The number of nitrogens with two attached hydrogens (primary N) is 1. The fourth-order valence-corrected chi connectivity index (χ4v) is 1.24. The van der Waals surface area contributed by atoms with Gasteiger partial charge in [-0.05, 0) is 12.5 Å². The zero-order chi connectivity index (χ0) is 12.0. The molecule has 0 saturated carbocycles. The number of ether oxygens (including phenoxy) is 1. The first-order valence-electron chi connectivity index (χ1n) is 5.20. The Balaban J connectivity index is 2.57. The number of aromatic nitrogens is 1. The smallest absolute Gasteiger partial charge is 0.237 e. The van der Waals surface area contributed by atoms with E-state index in [2.05, 4.69) is 10.3 Å². The number of nitrogens with zero attached hydrogens (tertiary/aromatic N) is 1. The van der Waals surface area contributed by atoms with E-state index in [0.717, 1.165) is 5.56 Å². The van der Waals surface area contributed by atoms with Crippen molar-refractivity contribution in [2.45, 2.75) is 25.9 Å². The largest absolute Gasteiger partial charge is 0.481 e. The van der Waals surface area contributed by atoms with E-state index in [1.807, 2.05) is 13.0 Å². The molecule has 0 aliphatic heterocycles. The molecule has 88 valence electrons. The fraction of sp³-hybridized carbons (Fsp3) is 0.455. The molecule has 1 heterocycles. The van der Waals surface area contributed by atoms with Gasteiger partial charge in [-0.2, -0.15) is 0 Å². The van der Waals surface area contributed by atoms with Crippen molar-refractivity contribution in [3.63, 3.8) is 0 Å². The lowest BCUT2D eigenvalue weighted by atomic mass is 10.2. The fourth-order valence-electron chi connectivity index (χ4n) is 1.24. The standard InChI is InChI=1S/C11H17N3O2/c1-3-9(12)10(15)14-7-8-5-4-6-13-11(8)16-2/h4-6,9H,3,7,12H2,1-2H3,(H,14,15)/t9-/m1/s1. The summed E-state index contributed by atoms with van der Waals surface area (Å²) in [6.45, 7) is 2.25. The van der Waals surface area contributed by atoms with E-state index < -0.39 is 6.04 Å². The summed E-state index contributed by atoms with van der Waals surface area (Å²) in [5.74, 6) is 0.362. The number of amides is 1. The second-order valence-corrected chi connectivity index (χ2v) is 3.40. The lowest BCUT2D eigenvalue weighted by Crippen LogP contribution is -2.39. The molecule has 3 N–H and O–H groups in total. The van der Waals surface area contributed by atoms with E-state index in [1.54, 1.807) is 19.4 Å². The van der Waals surface area contributed by atoms with Crippen molar-refractivity contribution >= 4 is 5.91 Å². The maximum atomic E-state index is 11.4. The molecule has 16 heavy (non-hydrogen) atoms. The average Bonchev–Trinajstić information content (AvgIpc) is 2.35. The molecule has 0 aromatic carbocycles. The van der Waals surface area contributed by atoms with Crippen molar-refractivity contribution in [1.82, 2.24) is 10.3 Å². The molecule has 0 saturated heterocycles. The first-order chi connectivity index (χ1) is 7.69. The van der Waals surface area contributed by atoms with Crippen LogP contribution in [0.25, 0.3) is 0 Å². The van der Waals surface area contributed by atoms with Crippen LogP contribution < -0.4 is 15.8 Å². The molecule has 0 bridgehead atoms. The van der Waals surface area contributed by atoms with Crippen molar-refractivity contribution in [3.8, 4) is 5.88 Å². The zero-order valence-electron chi connectivity index (χ0n) is 9.56. The average molecular weight is 223 g/mol. The lowest BCUT2D eigenvalue weighted by Gasteiger charge is -2.11. The van der Waals surface area contributed by atoms with Crippen LogP contribution >= 0.6 is 0 Å². The maximum Gasteiger partial charge on any atom is 0.237 e. The third-order valence-corrected chi connectivity index (χ3v) is 2.27. The van der Waals surface area contributed by atoms with E-state index in [-0.39, 0.29) is 5.91 Å². The molecule has 0 aliphatic rings. The van der Waals surface area contributed by atoms with E-state index in [0.29, 0.717) is 18.8 Å². The molecular weight excluding hydrogens is 206 g/mol. The molecule has 0 aliphatic carbocycles. The maximum absolute atomic E-state index is 11.4. The minimum Gasteiger partial charge on any atom is -0.481 e. The van der Waals surface area contributed by atoms with E-state index in [1.165, 1.54) is 0 Å². The van der Waals surface area contributed by atoms with Gasteiger partial charge in [-0.15, -0.1) is 0 Å². The van der Waals surface area contributed by atoms with Crippen molar-refractivity contribution in [1.29, 1.82) is 0 Å². The highest BCUT2D eigenvalue weighted by Crippen LogP contribution is 2.12. The van der Waals surface area contributed by atoms with Crippen LogP contribution in [-0.4, -0.2) is 24.0 Å². The minimum absolute atomic E-state index is 0.159. The first kappa shape index (κ1) is 12.4. The van der Waals surface area contributed by atoms with Crippen molar-refractivity contribution in [2.24, 2.45) is 5.73 Å². The van der Waals surface area contributed by atoms with E-state index >= 15 is 0 Å². The van der Waals surface area contributed by atoms with Gasteiger partial charge in [0.1, 0.15) is 0 Å². The first-order valence-corrected chi connectivity index (χ1v) is 5.20. The molecule has 1 atom stereocenters. The molecule has 5 heteroatoms. The van der Waals surface area contributed by atoms with Crippen LogP contribution in [0.3, 0.4) is 0 Å². The number of hydrogen-bond donors (Lipinski definition) is 2. The van der Waals surface area contributed by atoms with Crippen LogP contribution in [0, 0.1) is 0 Å². The second kappa shape index (κ2) is 6.07. The highest BCUT2D eigenvalue weighted by atomic mass is 16.5. The summed E-state index contributed by atoms with van der Waals surface area (Å²) in [5, 5.41) is 2.74. The Morgan fingerprint density at radius 1 is 1.69 bits per heavy atom. The number of carbonyl (C=O) groups excluding carboxylic acids is 1. The predicted molar refractivity (Wildman–Crippen MR) is 60.9 cm³/mol. The molecule has 1 aromatic heterocycles. The number of methoxy groups -OCH3 is 1.